The molecule has 1 atom stereocenters. The van der Waals surface area contributed by atoms with Crippen molar-refractivity contribution in [3.05, 3.63) is 17.7 Å². The fourth-order valence-corrected chi connectivity index (χ4v) is 2.80. The van der Waals surface area contributed by atoms with Gasteiger partial charge >= 0.3 is 0 Å². The zero-order valence-corrected chi connectivity index (χ0v) is 10.9. The Hall–Kier alpha value is -1.34. The van der Waals surface area contributed by atoms with Crippen LogP contribution in [0.1, 0.15) is 44.0 Å². The maximum atomic E-state index is 9.42. The summed E-state index contributed by atoms with van der Waals surface area (Å²) in [6.07, 6.45) is 9.04. The van der Waals surface area contributed by atoms with Crippen LogP contribution in [0.25, 0.3) is 0 Å². The number of nitriles is 1. The van der Waals surface area contributed by atoms with Gasteiger partial charge in [0.2, 0.25) is 0 Å². The molecule has 18 heavy (non-hydrogen) atoms. The molecule has 0 amide bonds. The molecule has 0 aromatic carbocycles. The Balaban J connectivity index is 1.78. The summed E-state index contributed by atoms with van der Waals surface area (Å²) >= 11 is 0. The summed E-state index contributed by atoms with van der Waals surface area (Å²) in [5.74, 6) is 0. The molecule has 96 valence electrons. The molecule has 0 bridgehead atoms. The van der Waals surface area contributed by atoms with Crippen LogP contribution in [0.2, 0.25) is 0 Å². The van der Waals surface area contributed by atoms with Gasteiger partial charge in [-0.25, -0.2) is 4.98 Å². The molecule has 2 aliphatic carbocycles. The molecule has 1 heterocycles. The predicted octanol–water partition coefficient (Wildman–Crippen LogP) is 1.80. The van der Waals surface area contributed by atoms with Crippen molar-refractivity contribution in [3.63, 3.8) is 0 Å². The topological polar surface area (TPSA) is 53.6 Å². The van der Waals surface area contributed by atoms with E-state index in [4.69, 9.17) is 0 Å². The minimum atomic E-state index is -0.465. The van der Waals surface area contributed by atoms with E-state index >= 15 is 0 Å². The van der Waals surface area contributed by atoms with Gasteiger partial charge in [-0.15, -0.1) is 0 Å². The molecule has 1 saturated carbocycles. The number of nitrogens with one attached hydrogen (secondary N) is 1. The van der Waals surface area contributed by atoms with Crippen LogP contribution >= 0.6 is 0 Å². The largest absolute Gasteiger partial charge is 0.331 e. The van der Waals surface area contributed by atoms with Crippen molar-refractivity contribution >= 4 is 0 Å². The molecule has 1 unspecified atom stereocenters. The lowest BCUT2D eigenvalue weighted by molar-refractivity contribution is 0.378. The number of hydrogen-bond acceptors (Lipinski definition) is 3. The summed E-state index contributed by atoms with van der Waals surface area (Å²) in [4.78, 5) is 4.50. The monoisotopic (exact) mass is 244 g/mol. The minimum absolute atomic E-state index is 0.465. The first-order valence-electron chi connectivity index (χ1n) is 6.92. The molecule has 0 saturated heterocycles. The van der Waals surface area contributed by atoms with Gasteiger partial charge in [-0.2, -0.15) is 5.26 Å². The Bertz CT molecular complexity index is 480. The smallest absolute Gasteiger partial charge is 0.122 e. The van der Waals surface area contributed by atoms with Gasteiger partial charge in [-0.05, 0) is 45.4 Å². The van der Waals surface area contributed by atoms with Crippen molar-refractivity contribution in [2.24, 2.45) is 0 Å². The SMILES string of the molecule is CC(C#N)(Cn1cnc2c1CCCC2)NC1CC1. The second-order valence-corrected chi connectivity index (χ2v) is 5.84. The number of hydrogen-bond donors (Lipinski definition) is 1. The number of rotatable bonds is 4. The Morgan fingerprint density at radius 3 is 3.00 bits per heavy atom. The normalized spacial score (nSPS) is 22.0. The Labute approximate surface area is 108 Å². The van der Waals surface area contributed by atoms with Crippen LogP contribution in [-0.2, 0) is 19.4 Å². The van der Waals surface area contributed by atoms with Crippen molar-refractivity contribution in [1.29, 1.82) is 5.26 Å². The van der Waals surface area contributed by atoms with Gasteiger partial charge in [-0.1, -0.05) is 0 Å². The van der Waals surface area contributed by atoms with Crippen LogP contribution in [0.3, 0.4) is 0 Å². The van der Waals surface area contributed by atoms with E-state index in [2.05, 4.69) is 20.9 Å². The summed E-state index contributed by atoms with van der Waals surface area (Å²) in [7, 11) is 0. The number of aryl methyl sites for hydroxylation is 1. The van der Waals surface area contributed by atoms with Crippen LogP contribution in [0.4, 0.5) is 0 Å². The number of aromatic nitrogens is 2. The molecule has 1 fully saturated rings. The molecule has 3 rings (SSSR count). The zero-order valence-electron chi connectivity index (χ0n) is 10.9. The summed E-state index contributed by atoms with van der Waals surface area (Å²) in [5.41, 5.74) is 2.13. The summed E-state index contributed by atoms with van der Waals surface area (Å²) in [6.45, 7) is 2.71. The van der Waals surface area contributed by atoms with E-state index < -0.39 is 5.54 Å². The second-order valence-electron chi connectivity index (χ2n) is 5.84. The Kier molecular flexibility index (Phi) is 2.87. The maximum absolute atomic E-state index is 9.42. The quantitative estimate of drug-likeness (QED) is 0.878. The lowest BCUT2D eigenvalue weighted by Gasteiger charge is -2.25. The summed E-state index contributed by atoms with van der Waals surface area (Å²) in [6, 6.07) is 2.99. The van der Waals surface area contributed by atoms with Crippen LogP contribution in [0.5, 0.6) is 0 Å². The highest BCUT2D eigenvalue weighted by Crippen LogP contribution is 2.25. The van der Waals surface area contributed by atoms with Crippen LogP contribution in [-0.4, -0.2) is 21.1 Å². The fourth-order valence-electron chi connectivity index (χ4n) is 2.80. The van der Waals surface area contributed by atoms with Gasteiger partial charge in [0.15, 0.2) is 0 Å². The molecular weight excluding hydrogens is 224 g/mol. The maximum Gasteiger partial charge on any atom is 0.122 e. The third-order valence-corrected chi connectivity index (χ3v) is 3.94. The molecular formula is C14H20N4. The van der Waals surface area contributed by atoms with Gasteiger partial charge in [0, 0.05) is 11.7 Å². The van der Waals surface area contributed by atoms with E-state index in [1.54, 1.807) is 0 Å². The second kappa shape index (κ2) is 4.40. The summed E-state index contributed by atoms with van der Waals surface area (Å²) in [5, 5.41) is 12.9. The van der Waals surface area contributed by atoms with Crippen LogP contribution in [0.15, 0.2) is 6.33 Å². The third-order valence-electron chi connectivity index (χ3n) is 3.94. The predicted molar refractivity (Wildman–Crippen MR) is 69.0 cm³/mol. The van der Waals surface area contributed by atoms with Crippen LogP contribution < -0.4 is 5.32 Å². The molecule has 1 N–H and O–H groups in total. The van der Waals surface area contributed by atoms with E-state index in [1.807, 2.05) is 13.3 Å². The van der Waals surface area contributed by atoms with Gasteiger partial charge in [0.05, 0.1) is 24.6 Å². The van der Waals surface area contributed by atoms with Crippen molar-refractivity contribution in [3.8, 4) is 6.07 Å². The number of fused-ring (bicyclic) bond motifs is 1. The molecule has 1 aromatic rings. The fraction of sp³-hybridized carbons (Fsp3) is 0.714. The van der Waals surface area contributed by atoms with E-state index in [1.165, 1.54) is 37.1 Å². The van der Waals surface area contributed by atoms with Crippen molar-refractivity contribution in [2.75, 3.05) is 0 Å². The first-order chi connectivity index (χ1) is 8.70. The lowest BCUT2D eigenvalue weighted by Crippen LogP contribution is -2.46. The van der Waals surface area contributed by atoms with E-state index in [0.29, 0.717) is 12.6 Å². The highest BCUT2D eigenvalue weighted by molar-refractivity contribution is 5.18. The standard InChI is InChI=1S/C14H20N4/c1-14(8-15,17-11-6-7-11)9-18-10-16-12-4-2-3-5-13(12)18/h10-11,17H,2-7,9H2,1H3. The number of imidazole rings is 1. The van der Waals surface area contributed by atoms with Crippen molar-refractivity contribution in [2.45, 2.75) is 63.6 Å². The lowest BCUT2D eigenvalue weighted by atomic mass is 9.99. The molecule has 4 nitrogen and oxygen atoms in total. The highest BCUT2D eigenvalue weighted by Gasteiger charge is 2.33. The van der Waals surface area contributed by atoms with Crippen LogP contribution in [0, 0.1) is 11.3 Å². The zero-order chi connectivity index (χ0) is 12.6. The van der Waals surface area contributed by atoms with E-state index in [9.17, 15) is 5.26 Å². The van der Waals surface area contributed by atoms with Gasteiger partial charge in [0.1, 0.15) is 5.54 Å². The molecule has 2 aliphatic rings. The molecule has 4 heteroatoms. The van der Waals surface area contributed by atoms with Crippen molar-refractivity contribution in [1.82, 2.24) is 14.9 Å². The molecule has 1 aromatic heterocycles. The molecule has 0 spiro atoms. The van der Waals surface area contributed by atoms with Gasteiger partial charge in [-0.3, -0.25) is 5.32 Å². The Morgan fingerprint density at radius 2 is 2.28 bits per heavy atom. The van der Waals surface area contributed by atoms with E-state index in [-0.39, 0.29) is 0 Å². The third kappa shape index (κ3) is 2.28. The molecule has 0 aliphatic heterocycles. The highest BCUT2D eigenvalue weighted by atomic mass is 15.1. The minimum Gasteiger partial charge on any atom is -0.331 e. The van der Waals surface area contributed by atoms with Gasteiger partial charge in [0.25, 0.3) is 0 Å². The first kappa shape index (κ1) is 11.7. The van der Waals surface area contributed by atoms with Crippen molar-refractivity contribution < 1.29 is 0 Å². The summed E-state index contributed by atoms with van der Waals surface area (Å²) < 4.78 is 2.19. The molecule has 0 radical (unpaired) electrons. The van der Waals surface area contributed by atoms with E-state index in [0.717, 1.165) is 12.8 Å². The average Bonchev–Trinajstić information content (AvgIpc) is 3.10. The van der Waals surface area contributed by atoms with Gasteiger partial charge < -0.3 is 4.57 Å². The Morgan fingerprint density at radius 1 is 1.50 bits per heavy atom. The number of nitrogens with zero attached hydrogens (tertiary/aromatic N) is 3. The average molecular weight is 244 g/mol. The first-order valence-corrected chi connectivity index (χ1v) is 6.92.